The number of aromatic nitrogens is 2. The number of nitrogens with zero attached hydrogens (tertiary/aromatic N) is 3. The van der Waals surface area contributed by atoms with Crippen molar-refractivity contribution in [2.45, 2.75) is 13.0 Å². The van der Waals surface area contributed by atoms with Crippen molar-refractivity contribution in [3.05, 3.63) is 30.0 Å². The van der Waals surface area contributed by atoms with Crippen molar-refractivity contribution in [2.24, 2.45) is 0 Å². The van der Waals surface area contributed by atoms with Crippen LogP contribution in [0.1, 0.15) is 12.6 Å². The summed E-state index contributed by atoms with van der Waals surface area (Å²) in [5.74, 6) is -0.0193. The Morgan fingerprint density at radius 3 is 2.70 bits per heavy atom. The Balaban J connectivity index is 2.44. The van der Waals surface area contributed by atoms with Crippen LogP contribution in [0.4, 0.5) is 5.69 Å². The Labute approximate surface area is 117 Å². The topological polar surface area (TPSA) is 95.7 Å². The van der Waals surface area contributed by atoms with E-state index in [9.17, 15) is 8.42 Å². The molecule has 6 nitrogen and oxygen atoms in total. The molecule has 0 spiro atoms. The molecule has 0 saturated carbocycles. The minimum absolute atomic E-state index is 0.0193. The van der Waals surface area contributed by atoms with Crippen LogP contribution in [0.2, 0.25) is 0 Å². The van der Waals surface area contributed by atoms with Gasteiger partial charge >= 0.3 is 0 Å². The van der Waals surface area contributed by atoms with E-state index < -0.39 is 9.84 Å². The number of hydrogen-bond donors (Lipinski definition) is 1. The summed E-state index contributed by atoms with van der Waals surface area (Å²) in [7, 11) is -3.10. The average Bonchev–Trinajstić information content (AvgIpc) is 2.37. The molecule has 0 amide bonds. The third-order valence-corrected chi connectivity index (χ3v) is 3.82. The maximum atomic E-state index is 11.3. The van der Waals surface area contributed by atoms with Crippen LogP contribution < -0.4 is 5.32 Å². The van der Waals surface area contributed by atoms with Crippen molar-refractivity contribution < 1.29 is 8.42 Å². The van der Waals surface area contributed by atoms with Crippen LogP contribution in [0.5, 0.6) is 0 Å². The van der Waals surface area contributed by atoms with E-state index in [-0.39, 0.29) is 17.5 Å². The van der Waals surface area contributed by atoms with Gasteiger partial charge in [0, 0.05) is 17.7 Å². The molecule has 1 unspecified atom stereocenters. The summed E-state index contributed by atoms with van der Waals surface area (Å²) >= 11 is 0. The van der Waals surface area contributed by atoms with Crippen LogP contribution in [0.15, 0.2) is 24.3 Å². The molecule has 0 fully saturated rings. The summed E-state index contributed by atoms with van der Waals surface area (Å²) < 4.78 is 22.6. The van der Waals surface area contributed by atoms with Gasteiger partial charge in [0.1, 0.15) is 15.9 Å². The predicted octanol–water partition coefficient (Wildman–Crippen LogP) is 1.35. The van der Waals surface area contributed by atoms with Crippen LogP contribution in [-0.4, -0.2) is 36.7 Å². The largest absolute Gasteiger partial charge is 0.379 e. The molecule has 0 bridgehead atoms. The van der Waals surface area contributed by atoms with Crippen LogP contribution in [0, 0.1) is 11.3 Å². The van der Waals surface area contributed by atoms with Gasteiger partial charge < -0.3 is 5.32 Å². The Hall–Kier alpha value is -2.20. The van der Waals surface area contributed by atoms with Gasteiger partial charge in [0.15, 0.2) is 5.69 Å². The summed E-state index contributed by atoms with van der Waals surface area (Å²) in [6.07, 6.45) is 1.18. The van der Waals surface area contributed by atoms with Crippen molar-refractivity contribution in [1.82, 2.24) is 10.2 Å². The molecular formula is C13H14N4O2S. The number of sulfone groups is 1. The summed E-state index contributed by atoms with van der Waals surface area (Å²) in [6.45, 7) is 1.75. The van der Waals surface area contributed by atoms with Crippen molar-refractivity contribution >= 4 is 26.4 Å². The van der Waals surface area contributed by atoms with E-state index in [1.807, 2.05) is 24.3 Å². The first-order valence-electron chi connectivity index (χ1n) is 6.00. The van der Waals surface area contributed by atoms with Gasteiger partial charge in [-0.1, -0.05) is 18.2 Å². The second kappa shape index (κ2) is 5.43. The zero-order valence-corrected chi connectivity index (χ0v) is 12.0. The summed E-state index contributed by atoms with van der Waals surface area (Å²) in [5.41, 5.74) is 1.33. The first kappa shape index (κ1) is 14.2. The van der Waals surface area contributed by atoms with Gasteiger partial charge in [-0.3, -0.25) is 0 Å². The fraction of sp³-hybridized carbons (Fsp3) is 0.308. The smallest absolute Gasteiger partial charge is 0.186 e. The van der Waals surface area contributed by atoms with Crippen LogP contribution in [0.25, 0.3) is 10.9 Å². The molecule has 1 heterocycles. The molecule has 20 heavy (non-hydrogen) atoms. The van der Waals surface area contributed by atoms with Crippen molar-refractivity contribution in [3.63, 3.8) is 0 Å². The molecule has 1 aromatic heterocycles. The molecule has 7 heteroatoms. The highest BCUT2D eigenvalue weighted by atomic mass is 32.2. The predicted molar refractivity (Wildman–Crippen MR) is 77.0 cm³/mol. The van der Waals surface area contributed by atoms with Crippen molar-refractivity contribution in [1.29, 1.82) is 5.26 Å². The highest BCUT2D eigenvalue weighted by Gasteiger charge is 2.15. The average molecular weight is 290 g/mol. The molecule has 2 aromatic rings. The van der Waals surface area contributed by atoms with Gasteiger partial charge in [-0.15, -0.1) is 10.2 Å². The van der Waals surface area contributed by atoms with E-state index in [1.165, 1.54) is 6.26 Å². The molecule has 2 rings (SSSR count). The van der Waals surface area contributed by atoms with Gasteiger partial charge in [0.2, 0.25) is 0 Å². The first-order valence-corrected chi connectivity index (χ1v) is 8.06. The number of nitrogens with one attached hydrogen (secondary N) is 1. The molecule has 1 atom stereocenters. The Kier molecular flexibility index (Phi) is 3.86. The van der Waals surface area contributed by atoms with E-state index in [4.69, 9.17) is 5.26 Å². The van der Waals surface area contributed by atoms with Gasteiger partial charge in [0.25, 0.3) is 0 Å². The minimum Gasteiger partial charge on any atom is -0.379 e. The number of anilines is 1. The lowest BCUT2D eigenvalue weighted by Gasteiger charge is -2.16. The quantitative estimate of drug-likeness (QED) is 0.913. The van der Waals surface area contributed by atoms with Crippen molar-refractivity contribution in [3.8, 4) is 6.07 Å². The molecule has 0 aliphatic carbocycles. The SMILES string of the molecule is CC(CS(C)(=O)=O)Nc1c(C#N)nnc2ccccc12. The van der Waals surface area contributed by atoms with Crippen LogP contribution in [-0.2, 0) is 9.84 Å². The van der Waals surface area contributed by atoms with Crippen LogP contribution in [0.3, 0.4) is 0 Å². The summed E-state index contributed by atoms with van der Waals surface area (Å²) in [6, 6.07) is 8.91. The molecule has 0 aliphatic heterocycles. The van der Waals surface area contributed by atoms with E-state index >= 15 is 0 Å². The first-order chi connectivity index (χ1) is 9.40. The molecular weight excluding hydrogens is 276 g/mol. The lowest BCUT2D eigenvalue weighted by atomic mass is 10.1. The second-order valence-corrected chi connectivity index (χ2v) is 6.88. The second-order valence-electron chi connectivity index (χ2n) is 4.69. The zero-order chi connectivity index (χ0) is 14.8. The van der Waals surface area contributed by atoms with Crippen molar-refractivity contribution in [2.75, 3.05) is 17.3 Å². The van der Waals surface area contributed by atoms with Gasteiger partial charge in [0.05, 0.1) is 17.0 Å². The molecule has 1 aromatic carbocycles. The number of nitriles is 1. The lowest BCUT2D eigenvalue weighted by molar-refractivity contribution is 0.598. The molecule has 0 radical (unpaired) electrons. The van der Waals surface area contributed by atoms with E-state index in [2.05, 4.69) is 15.5 Å². The molecule has 0 aliphatic rings. The summed E-state index contributed by atoms with van der Waals surface area (Å²) in [5, 5.41) is 20.7. The zero-order valence-electron chi connectivity index (χ0n) is 11.2. The van der Waals surface area contributed by atoms with Gasteiger partial charge in [-0.2, -0.15) is 5.26 Å². The van der Waals surface area contributed by atoms with Gasteiger partial charge in [-0.05, 0) is 13.0 Å². The molecule has 104 valence electrons. The number of benzene rings is 1. The van der Waals surface area contributed by atoms with E-state index in [0.717, 1.165) is 5.39 Å². The number of fused-ring (bicyclic) bond motifs is 1. The van der Waals surface area contributed by atoms with E-state index in [1.54, 1.807) is 13.0 Å². The monoisotopic (exact) mass is 290 g/mol. The van der Waals surface area contributed by atoms with Crippen LogP contribution >= 0.6 is 0 Å². The third kappa shape index (κ3) is 3.22. The molecule has 1 N–H and O–H groups in total. The standard InChI is InChI=1S/C13H14N4O2S/c1-9(8-20(2,18)19)15-13-10-5-3-4-6-11(10)16-17-12(13)7-14/h3-6,9H,8H2,1-2H3,(H,15,16). The Bertz CT molecular complexity index is 781. The number of hydrogen-bond acceptors (Lipinski definition) is 6. The minimum atomic E-state index is -3.10. The lowest BCUT2D eigenvalue weighted by Crippen LogP contribution is -2.25. The van der Waals surface area contributed by atoms with Gasteiger partial charge in [-0.25, -0.2) is 8.42 Å². The highest BCUT2D eigenvalue weighted by molar-refractivity contribution is 7.90. The van der Waals surface area contributed by atoms with E-state index in [0.29, 0.717) is 11.2 Å². The Morgan fingerprint density at radius 1 is 1.35 bits per heavy atom. The Morgan fingerprint density at radius 2 is 2.05 bits per heavy atom. The molecule has 0 saturated heterocycles. The normalized spacial score (nSPS) is 12.8. The third-order valence-electron chi connectivity index (χ3n) is 2.72. The fourth-order valence-electron chi connectivity index (χ4n) is 2.02. The fourth-order valence-corrected chi connectivity index (χ4v) is 3.01. The number of rotatable bonds is 4. The summed E-state index contributed by atoms with van der Waals surface area (Å²) in [4.78, 5) is 0. The highest BCUT2D eigenvalue weighted by Crippen LogP contribution is 2.24. The maximum Gasteiger partial charge on any atom is 0.186 e. The maximum absolute atomic E-state index is 11.3.